The summed E-state index contributed by atoms with van der Waals surface area (Å²) in [7, 11) is 2.12. The van der Waals surface area contributed by atoms with Crippen LogP contribution in [0.15, 0.2) is 6.20 Å². The van der Waals surface area contributed by atoms with Crippen molar-refractivity contribution in [2.45, 2.75) is 52.5 Å². The van der Waals surface area contributed by atoms with E-state index in [4.69, 9.17) is 11.6 Å². The third-order valence-corrected chi connectivity index (χ3v) is 4.29. The van der Waals surface area contributed by atoms with Crippen molar-refractivity contribution in [3.05, 3.63) is 17.0 Å². The van der Waals surface area contributed by atoms with Crippen LogP contribution in [0, 0.1) is 12.3 Å². The van der Waals surface area contributed by atoms with Gasteiger partial charge in [0.25, 0.3) is 0 Å². The quantitative estimate of drug-likeness (QED) is 0.763. The van der Waals surface area contributed by atoms with Crippen LogP contribution in [0.25, 0.3) is 0 Å². The van der Waals surface area contributed by atoms with Gasteiger partial charge in [-0.15, -0.1) is 0 Å². The monoisotopic (exact) mass is 267 g/mol. The van der Waals surface area contributed by atoms with E-state index < -0.39 is 0 Å². The van der Waals surface area contributed by atoms with Gasteiger partial charge in [0.15, 0.2) is 0 Å². The second-order valence-electron chi connectivity index (χ2n) is 6.15. The molecule has 0 aliphatic heterocycles. The molecule has 1 aromatic rings. The normalized spacial score (nSPS) is 19.8. The number of hydrogen-bond acceptors (Lipinski definition) is 3. The molecule has 1 aliphatic rings. The Morgan fingerprint density at radius 2 is 1.94 bits per heavy atom. The molecule has 0 aromatic carbocycles. The van der Waals surface area contributed by atoms with Crippen LogP contribution >= 0.6 is 11.6 Å². The summed E-state index contributed by atoms with van der Waals surface area (Å²) in [4.78, 5) is 10.7. The van der Waals surface area contributed by atoms with Crippen LogP contribution in [0.1, 0.15) is 45.1 Å². The average Bonchev–Trinajstić information content (AvgIpc) is 2.31. The number of aromatic nitrogens is 2. The molecule has 0 N–H and O–H groups in total. The Labute approximate surface area is 115 Å². The van der Waals surface area contributed by atoms with E-state index >= 15 is 0 Å². The van der Waals surface area contributed by atoms with Gasteiger partial charge < -0.3 is 4.90 Å². The first-order valence-corrected chi connectivity index (χ1v) is 6.99. The van der Waals surface area contributed by atoms with Crippen molar-refractivity contribution in [1.82, 2.24) is 9.97 Å². The Balaban J connectivity index is 2.12. The second kappa shape index (κ2) is 5.04. The summed E-state index contributed by atoms with van der Waals surface area (Å²) in [5.41, 5.74) is 1.59. The lowest BCUT2D eigenvalue weighted by Crippen LogP contribution is -2.38. The molecule has 18 heavy (non-hydrogen) atoms. The molecular formula is C14H22ClN3. The van der Waals surface area contributed by atoms with E-state index in [0.29, 0.717) is 16.7 Å². The summed E-state index contributed by atoms with van der Waals surface area (Å²) in [5.74, 6) is 0.972. The van der Waals surface area contributed by atoms with Crippen molar-refractivity contribution in [2.75, 3.05) is 11.9 Å². The number of halogens is 1. The molecule has 1 aliphatic carbocycles. The van der Waals surface area contributed by atoms with Crippen LogP contribution in [-0.2, 0) is 0 Å². The fourth-order valence-electron chi connectivity index (χ4n) is 2.71. The Hall–Kier alpha value is -0.830. The number of hydrogen-bond donors (Lipinski definition) is 0. The standard InChI is InChI=1S/C14H22ClN3/c1-10-9-16-13(15)17-12(10)18(4)11-5-7-14(2,3)8-6-11/h9,11H,5-8H2,1-4H3. The van der Waals surface area contributed by atoms with E-state index in [9.17, 15) is 0 Å². The Bertz CT molecular complexity index is 421. The first-order chi connectivity index (χ1) is 8.39. The smallest absolute Gasteiger partial charge is 0.224 e. The lowest BCUT2D eigenvalue weighted by Gasteiger charge is -2.39. The number of nitrogens with zero attached hydrogens (tertiary/aromatic N) is 3. The van der Waals surface area contributed by atoms with Crippen molar-refractivity contribution >= 4 is 17.4 Å². The second-order valence-corrected chi connectivity index (χ2v) is 6.49. The van der Waals surface area contributed by atoms with Crippen LogP contribution in [0.5, 0.6) is 0 Å². The lowest BCUT2D eigenvalue weighted by atomic mass is 9.75. The molecule has 1 heterocycles. The molecule has 0 radical (unpaired) electrons. The average molecular weight is 268 g/mol. The predicted octanol–water partition coefficient (Wildman–Crippen LogP) is 3.84. The van der Waals surface area contributed by atoms with Gasteiger partial charge in [-0.05, 0) is 49.6 Å². The largest absolute Gasteiger partial charge is 0.356 e. The van der Waals surface area contributed by atoms with Gasteiger partial charge in [0.1, 0.15) is 5.82 Å². The molecule has 1 saturated carbocycles. The molecule has 0 saturated heterocycles. The maximum atomic E-state index is 5.90. The Morgan fingerprint density at radius 1 is 1.33 bits per heavy atom. The zero-order chi connectivity index (χ0) is 13.3. The molecule has 4 heteroatoms. The molecule has 1 aromatic heterocycles. The summed E-state index contributed by atoms with van der Waals surface area (Å²) in [5, 5.41) is 0.332. The molecule has 3 nitrogen and oxygen atoms in total. The van der Waals surface area contributed by atoms with E-state index in [-0.39, 0.29) is 0 Å². The first-order valence-electron chi connectivity index (χ1n) is 6.61. The van der Waals surface area contributed by atoms with Crippen molar-refractivity contribution in [3.8, 4) is 0 Å². The van der Waals surface area contributed by atoms with Gasteiger partial charge in [0.2, 0.25) is 5.28 Å². The van der Waals surface area contributed by atoms with Gasteiger partial charge in [0.05, 0.1) is 0 Å². The first kappa shape index (κ1) is 13.6. The summed E-state index contributed by atoms with van der Waals surface area (Å²) in [6, 6.07) is 0.572. The van der Waals surface area contributed by atoms with E-state index in [1.807, 2.05) is 6.92 Å². The summed E-state index contributed by atoms with van der Waals surface area (Å²) in [6.07, 6.45) is 6.81. The molecular weight excluding hydrogens is 246 g/mol. The molecule has 0 unspecified atom stereocenters. The van der Waals surface area contributed by atoms with Crippen molar-refractivity contribution < 1.29 is 0 Å². The van der Waals surface area contributed by atoms with Crippen LogP contribution < -0.4 is 4.90 Å². The molecule has 100 valence electrons. The molecule has 0 bridgehead atoms. The van der Waals surface area contributed by atoms with Crippen molar-refractivity contribution in [3.63, 3.8) is 0 Å². The van der Waals surface area contributed by atoms with Crippen LogP contribution in [-0.4, -0.2) is 23.1 Å². The minimum atomic E-state index is 0.332. The van der Waals surface area contributed by atoms with Crippen LogP contribution in [0.4, 0.5) is 5.82 Å². The summed E-state index contributed by atoms with van der Waals surface area (Å²) in [6.45, 7) is 6.75. The third kappa shape index (κ3) is 2.94. The van der Waals surface area contributed by atoms with E-state index in [2.05, 4.69) is 35.8 Å². The molecule has 0 spiro atoms. The van der Waals surface area contributed by atoms with Crippen molar-refractivity contribution in [2.24, 2.45) is 5.41 Å². The topological polar surface area (TPSA) is 29.0 Å². The van der Waals surface area contributed by atoms with Crippen molar-refractivity contribution in [1.29, 1.82) is 0 Å². The zero-order valence-corrected chi connectivity index (χ0v) is 12.5. The van der Waals surface area contributed by atoms with Gasteiger partial charge >= 0.3 is 0 Å². The van der Waals surface area contributed by atoms with E-state index in [1.54, 1.807) is 6.20 Å². The van der Waals surface area contributed by atoms with E-state index in [0.717, 1.165) is 11.4 Å². The maximum absolute atomic E-state index is 5.90. The number of aryl methyl sites for hydroxylation is 1. The Kier molecular flexibility index (Phi) is 3.81. The predicted molar refractivity (Wildman–Crippen MR) is 76.2 cm³/mol. The van der Waals surface area contributed by atoms with Crippen LogP contribution in [0.3, 0.4) is 0 Å². The highest BCUT2D eigenvalue weighted by atomic mass is 35.5. The highest BCUT2D eigenvalue weighted by molar-refractivity contribution is 6.28. The zero-order valence-electron chi connectivity index (χ0n) is 11.7. The van der Waals surface area contributed by atoms with Gasteiger partial charge in [-0.25, -0.2) is 9.97 Å². The number of rotatable bonds is 2. The molecule has 0 amide bonds. The van der Waals surface area contributed by atoms with Gasteiger partial charge in [-0.2, -0.15) is 0 Å². The van der Waals surface area contributed by atoms with Gasteiger partial charge in [-0.1, -0.05) is 13.8 Å². The van der Waals surface area contributed by atoms with Crippen LogP contribution in [0.2, 0.25) is 5.28 Å². The number of anilines is 1. The molecule has 0 atom stereocenters. The van der Waals surface area contributed by atoms with Gasteiger partial charge in [-0.3, -0.25) is 0 Å². The molecule has 2 rings (SSSR count). The lowest BCUT2D eigenvalue weighted by molar-refractivity contribution is 0.222. The van der Waals surface area contributed by atoms with E-state index in [1.165, 1.54) is 25.7 Å². The summed E-state index contributed by atoms with van der Waals surface area (Å²) < 4.78 is 0. The SMILES string of the molecule is Cc1cnc(Cl)nc1N(C)C1CCC(C)(C)CC1. The fraction of sp³-hybridized carbons (Fsp3) is 0.714. The van der Waals surface area contributed by atoms with Gasteiger partial charge in [0, 0.05) is 24.8 Å². The fourth-order valence-corrected chi connectivity index (χ4v) is 2.84. The minimum Gasteiger partial charge on any atom is -0.356 e. The molecule has 1 fully saturated rings. The third-order valence-electron chi connectivity index (χ3n) is 4.11. The minimum absolute atomic E-state index is 0.332. The highest BCUT2D eigenvalue weighted by Gasteiger charge is 2.29. The maximum Gasteiger partial charge on any atom is 0.224 e. The highest BCUT2D eigenvalue weighted by Crippen LogP contribution is 2.37. The Morgan fingerprint density at radius 3 is 2.56 bits per heavy atom. The summed E-state index contributed by atoms with van der Waals surface area (Å²) >= 11 is 5.90.